The fraction of sp³-hybridized carbons (Fsp3) is 0.143. The van der Waals surface area contributed by atoms with Crippen LogP contribution in [-0.2, 0) is 0 Å². The summed E-state index contributed by atoms with van der Waals surface area (Å²) < 4.78 is 0. The Hall–Kier alpha value is -4.68. The molecule has 1 unspecified atom stereocenters. The molecule has 2 aliphatic rings. The minimum Gasteiger partial charge on any atom is -0.359 e. The molecule has 4 aromatic carbocycles. The lowest BCUT2D eigenvalue weighted by Gasteiger charge is -2.30. The number of anilines is 1. The van der Waals surface area contributed by atoms with Gasteiger partial charge in [0.25, 0.3) is 0 Å². The Balaban J connectivity index is 1.24. The van der Waals surface area contributed by atoms with Gasteiger partial charge in [0.1, 0.15) is 6.07 Å². The van der Waals surface area contributed by atoms with Crippen LogP contribution < -0.4 is 5.32 Å². The molecule has 184 valence electrons. The molecule has 0 aliphatic heterocycles. The molecule has 6 rings (SSSR count). The maximum atomic E-state index is 10.1. The number of fused-ring (bicyclic) bond motifs is 1. The monoisotopic (exact) mass is 491 g/mol. The Morgan fingerprint density at radius 3 is 1.82 bits per heavy atom. The van der Waals surface area contributed by atoms with E-state index in [0.717, 1.165) is 59.6 Å². The van der Waals surface area contributed by atoms with E-state index in [2.05, 4.69) is 90.3 Å². The predicted molar refractivity (Wildman–Crippen MR) is 157 cm³/mol. The van der Waals surface area contributed by atoms with Crippen LogP contribution in [0.1, 0.15) is 25.7 Å². The predicted octanol–water partition coefficient (Wildman–Crippen LogP) is 9.11. The van der Waals surface area contributed by atoms with Crippen molar-refractivity contribution in [3.05, 3.63) is 132 Å². The largest absolute Gasteiger partial charge is 0.359 e. The van der Waals surface area contributed by atoms with E-state index in [0.29, 0.717) is 5.92 Å². The highest BCUT2D eigenvalue weighted by Gasteiger charge is 2.29. The van der Waals surface area contributed by atoms with Gasteiger partial charge in [-0.15, -0.1) is 0 Å². The number of nitrogens with one attached hydrogen (secondary N) is 1. The first kappa shape index (κ1) is 23.7. The van der Waals surface area contributed by atoms with Gasteiger partial charge in [-0.05, 0) is 89.8 Å². The standard InChI is InChI=1S/C35H29N3/c36-24-34-33-23-32(37-30-17-11-27(12-18-30)25-7-3-1-4-8-25)21-15-29(33)16-22-35(34)38-31-19-13-28(14-20-31)26-9-5-2-6-10-26/h1-14,17-20,23,29,37H,15-16,21-22H2/b38-35+. The van der Waals surface area contributed by atoms with Crippen LogP contribution in [0.4, 0.5) is 11.4 Å². The fourth-order valence-corrected chi connectivity index (χ4v) is 5.46. The first-order chi connectivity index (χ1) is 18.8. The summed E-state index contributed by atoms with van der Waals surface area (Å²) in [5, 5.41) is 13.7. The van der Waals surface area contributed by atoms with E-state index in [9.17, 15) is 5.26 Å². The van der Waals surface area contributed by atoms with Crippen molar-refractivity contribution in [3.63, 3.8) is 0 Å². The molecule has 3 heteroatoms. The van der Waals surface area contributed by atoms with E-state index in [1.807, 2.05) is 36.4 Å². The van der Waals surface area contributed by atoms with Crippen LogP contribution in [0.5, 0.6) is 0 Å². The summed E-state index contributed by atoms with van der Waals surface area (Å²) in [6.07, 6.45) is 6.12. The molecule has 1 N–H and O–H groups in total. The quantitative estimate of drug-likeness (QED) is 0.303. The van der Waals surface area contributed by atoms with Crippen LogP contribution in [0.25, 0.3) is 22.3 Å². The van der Waals surface area contributed by atoms with Gasteiger partial charge in [-0.3, -0.25) is 4.99 Å². The summed E-state index contributed by atoms with van der Waals surface area (Å²) in [6, 6.07) is 40.1. The fourth-order valence-electron chi connectivity index (χ4n) is 5.46. The molecule has 0 amide bonds. The lowest BCUT2D eigenvalue weighted by molar-refractivity contribution is 0.512. The Bertz CT molecular complexity index is 1550. The Kier molecular flexibility index (Phi) is 6.70. The number of benzene rings is 4. The van der Waals surface area contributed by atoms with E-state index in [1.54, 1.807) is 0 Å². The molecule has 0 radical (unpaired) electrons. The third-order valence-corrected chi connectivity index (χ3v) is 7.49. The second-order valence-electron chi connectivity index (χ2n) is 9.93. The van der Waals surface area contributed by atoms with Crippen molar-refractivity contribution in [1.82, 2.24) is 0 Å². The number of nitriles is 1. The summed E-state index contributed by atoms with van der Waals surface area (Å²) in [5.41, 5.74) is 10.7. The van der Waals surface area contributed by atoms with Crippen LogP contribution in [0.3, 0.4) is 0 Å². The van der Waals surface area contributed by atoms with Gasteiger partial charge in [-0.2, -0.15) is 5.26 Å². The lowest BCUT2D eigenvalue weighted by atomic mass is 9.76. The zero-order valence-electron chi connectivity index (χ0n) is 21.3. The molecular weight excluding hydrogens is 462 g/mol. The molecule has 0 saturated carbocycles. The molecule has 0 spiro atoms. The normalized spacial score (nSPS) is 17.9. The smallest absolute Gasteiger partial charge is 0.101 e. The van der Waals surface area contributed by atoms with Crippen molar-refractivity contribution in [2.45, 2.75) is 25.7 Å². The second kappa shape index (κ2) is 10.7. The third kappa shape index (κ3) is 5.08. The second-order valence-corrected chi connectivity index (χ2v) is 9.93. The molecule has 38 heavy (non-hydrogen) atoms. The SMILES string of the molecule is N#CC1=C2C=C(Nc3ccc(-c4ccccc4)cc3)CCC2CC/C1=N\c1ccc(-c2ccccc2)cc1. The Labute approximate surface area is 224 Å². The Morgan fingerprint density at radius 2 is 1.21 bits per heavy atom. The zero-order chi connectivity index (χ0) is 25.7. The third-order valence-electron chi connectivity index (χ3n) is 7.49. The number of rotatable bonds is 5. The minimum absolute atomic E-state index is 0.426. The van der Waals surface area contributed by atoms with Crippen molar-refractivity contribution in [3.8, 4) is 28.3 Å². The van der Waals surface area contributed by atoms with Gasteiger partial charge in [-0.1, -0.05) is 84.9 Å². The zero-order valence-corrected chi connectivity index (χ0v) is 21.3. The van der Waals surface area contributed by atoms with Gasteiger partial charge in [0.15, 0.2) is 0 Å². The van der Waals surface area contributed by atoms with Crippen molar-refractivity contribution in [2.75, 3.05) is 5.32 Å². The average molecular weight is 492 g/mol. The first-order valence-corrected chi connectivity index (χ1v) is 13.3. The number of hydrogen-bond acceptors (Lipinski definition) is 3. The van der Waals surface area contributed by atoms with Crippen molar-refractivity contribution in [2.24, 2.45) is 10.9 Å². The maximum Gasteiger partial charge on any atom is 0.101 e. The maximum absolute atomic E-state index is 10.1. The highest BCUT2D eigenvalue weighted by Crippen LogP contribution is 2.39. The summed E-state index contributed by atoms with van der Waals surface area (Å²) in [7, 11) is 0. The van der Waals surface area contributed by atoms with Crippen LogP contribution in [0.15, 0.2) is 137 Å². The highest BCUT2D eigenvalue weighted by molar-refractivity contribution is 6.06. The van der Waals surface area contributed by atoms with E-state index in [1.165, 1.54) is 22.3 Å². The van der Waals surface area contributed by atoms with E-state index in [-0.39, 0.29) is 0 Å². The van der Waals surface area contributed by atoms with Gasteiger partial charge in [0.2, 0.25) is 0 Å². The molecule has 0 heterocycles. The van der Waals surface area contributed by atoms with E-state index >= 15 is 0 Å². The van der Waals surface area contributed by atoms with Gasteiger partial charge in [0, 0.05) is 11.4 Å². The van der Waals surface area contributed by atoms with Crippen molar-refractivity contribution in [1.29, 1.82) is 5.26 Å². The highest BCUT2D eigenvalue weighted by atomic mass is 14.9. The van der Waals surface area contributed by atoms with E-state index in [4.69, 9.17) is 4.99 Å². The number of allylic oxidation sites excluding steroid dienone is 4. The molecule has 0 aromatic heterocycles. The molecule has 1 atom stereocenters. The number of nitrogens with zero attached hydrogens (tertiary/aromatic N) is 2. The molecule has 2 aliphatic carbocycles. The summed E-state index contributed by atoms with van der Waals surface area (Å²) >= 11 is 0. The van der Waals surface area contributed by atoms with Crippen LogP contribution in [0, 0.1) is 17.2 Å². The molecular formula is C35H29N3. The lowest BCUT2D eigenvalue weighted by Crippen LogP contribution is -2.22. The van der Waals surface area contributed by atoms with Crippen LogP contribution in [0.2, 0.25) is 0 Å². The molecule has 3 nitrogen and oxygen atoms in total. The van der Waals surface area contributed by atoms with Gasteiger partial charge in [-0.25, -0.2) is 0 Å². The summed E-state index contributed by atoms with van der Waals surface area (Å²) in [4.78, 5) is 4.93. The van der Waals surface area contributed by atoms with Gasteiger partial charge in [0.05, 0.1) is 17.0 Å². The van der Waals surface area contributed by atoms with Gasteiger partial charge < -0.3 is 5.32 Å². The summed E-state index contributed by atoms with van der Waals surface area (Å²) in [5.74, 6) is 0.426. The molecule has 0 bridgehead atoms. The van der Waals surface area contributed by atoms with E-state index < -0.39 is 0 Å². The van der Waals surface area contributed by atoms with Crippen LogP contribution in [-0.4, -0.2) is 5.71 Å². The van der Waals surface area contributed by atoms with Crippen molar-refractivity contribution < 1.29 is 0 Å². The minimum atomic E-state index is 0.426. The molecule has 4 aromatic rings. The summed E-state index contributed by atoms with van der Waals surface area (Å²) in [6.45, 7) is 0. The Morgan fingerprint density at radius 1 is 0.658 bits per heavy atom. The molecule has 0 fully saturated rings. The number of aliphatic imine (C=N–C) groups is 1. The first-order valence-electron chi connectivity index (χ1n) is 13.3. The molecule has 0 saturated heterocycles. The van der Waals surface area contributed by atoms with Crippen LogP contribution >= 0.6 is 0 Å². The van der Waals surface area contributed by atoms with Crippen molar-refractivity contribution >= 4 is 17.1 Å². The van der Waals surface area contributed by atoms with Gasteiger partial charge >= 0.3 is 0 Å². The topological polar surface area (TPSA) is 48.2 Å². The number of hydrogen-bond donors (Lipinski definition) is 1. The average Bonchev–Trinajstić information content (AvgIpc) is 2.99.